The summed E-state index contributed by atoms with van der Waals surface area (Å²) < 4.78 is 0. The third-order valence-electron chi connectivity index (χ3n) is 2.34. The smallest absolute Gasteiger partial charge is 0.115 e. The molecular formula is C13H14N2O. The summed E-state index contributed by atoms with van der Waals surface area (Å²) in [5, 5.41) is 12.4. The number of aryl methyl sites for hydroxylation is 1. The molecule has 2 rings (SSSR count). The Morgan fingerprint density at radius 3 is 2.50 bits per heavy atom. The molecule has 0 atom stereocenters. The second kappa shape index (κ2) is 4.66. The third-order valence-corrected chi connectivity index (χ3v) is 2.34. The molecule has 16 heavy (non-hydrogen) atoms. The van der Waals surface area contributed by atoms with Gasteiger partial charge in [0.15, 0.2) is 0 Å². The lowest BCUT2D eigenvalue weighted by molar-refractivity contribution is 0.475. The highest BCUT2D eigenvalue weighted by Gasteiger charge is 1.95. The molecule has 0 aliphatic rings. The van der Waals surface area contributed by atoms with Crippen molar-refractivity contribution in [2.75, 3.05) is 5.32 Å². The van der Waals surface area contributed by atoms with Gasteiger partial charge in [0, 0.05) is 12.2 Å². The van der Waals surface area contributed by atoms with Crippen LogP contribution in [0.15, 0.2) is 42.6 Å². The normalized spacial score (nSPS) is 10.1. The van der Waals surface area contributed by atoms with Gasteiger partial charge in [-0.25, -0.2) is 0 Å². The zero-order chi connectivity index (χ0) is 11.4. The molecule has 1 aromatic heterocycles. The minimum Gasteiger partial charge on any atom is -0.508 e. The van der Waals surface area contributed by atoms with E-state index in [1.54, 1.807) is 12.1 Å². The first-order valence-electron chi connectivity index (χ1n) is 5.18. The van der Waals surface area contributed by atoms with E-state index >= 15 is 0 Å². The van der Waals surface area contributed by atoms with Crippen LogP contribution in [0.25, 0.3) is 0 Å². The van der Waals surface area contributed by atoms with Gasteiger partial charge in [0.05, 0.1) is 11.9 Å². The molecule has 0 aliphatic carbocycles. The first-order valence-corrected chi connectivity index (χ1v) is 5.18. The Labute approximate surface area is 94.8 Å². The average molecular weight is 214 g/mol. The van der Waals surface area contributed by atoms with Crippen molar-refractivity contribution in [2.24, 2.45) is 0 Å². The summed E-state index contributed by atoms with van der Waals surface area (Å²) in [6.07, 6.45) is 1.82. The van der Waals surface area contributed by atoms with Crippen LogP contribution in [0.2, 0.25) is 0 Å². The third kappa shape index (κ3) is 2.73. The Bertz CT molecular complexity index is 403. The molecule has 1 heterocycles. The van der Waals surface area contributed by atoms with Gasteiger partial charge in [0.2, 0.25) is 0 Å². The van der Waals surface area contributed by atoms with E-state index in [2.05, 4.69) is 10.3 Å². The van der Waals surface area contributed by atoms with Crippen LogP contribution in [0.4, 0.5) is 5.69 Å². The zero-order valence-electron chi connectivity index (χ0n) is 9.14. The molecule has 0 saturated carbocycles. The standard InChI is InChI=1S/C13H14N2O/c1-10-2-5-12(9-14-10)15-8-11-3-6-13(16)7-4-11/h2-7,9,15-16H,8H2,1H3. The molecule has 0 saturated heterocycles. The Kier molecular flexibility index (Phi) is 3.05. The van der Waals surface area contributed by atoms with E-state index in [1.807, 2.05) is 37.4 Å². The topological polar surface area (TPSA) is 45.1 Å². The first kappa shape index (κ1) is 10.5. The molecule has 0 bridgehead atoms. The van der Waals surface area contributed by atoms with Crippen LogP contribution in [0.1, 0.15) is 11.3 Å². The van der Waals surface area contributed by atoms with Crippen molar-refractivity contribution in [3.8, 4) is 5.75 Å². The van der Waals surface area contributed by atoms with Crippen LogP contribution in [0, 0.1) is 6.92 Å². The Morgan fingerprint density at radius 1 is 1.12 bits per heavy atom. The van der Waals surface area contributed by atoms with Crippen LogP contribution in [-0.2, 0) is 6.54 Å². The van der Waals surface area contributed by atoms with E-state index < -0.39 is 0 Å². The molecule has 0 spiro atoms. The van der Waals surface area contributed by atoms with Gasteiger partial charge in [-0.3, -0.25) is 4.98 Å². The van der Waals surface area contributed by atoms with Gasteiger partial charge in [-0.1, -0.05) is 12.1 Å². The van der Waals surface area contributed by atoms with Gasteiger partial charge in [-0.05, 0) is 36.8 Å². The fourth-order valence-corrected chi connectivity index (χ4v) is 1.39. The number of nitrogens with zero attached hydrogens (tertiary/aromatic N) is 1. The molecule has 0 unspecified atom stereocenters. The van der Waals surface area contributed by atoms with Gasteiger partial charge in [0.1, 0.15) is 5.75 Å². The van der Waals surface area contributed by atoms with Crippen molar-refractivity contribution in [2.45, 2.75) is 13.5 Å². The van der Waals surface area contributed by atoms with E-state index in [1.165, 1.54) is 0 Å². The van der Waals surface area contributed by atoms with E-state index in [4.69, 9.17) is 5.11 Å². The fourth-order valence-electron chi connectivity index (χ4n) is 1.39. The van der Waals surface area contributed by atoms with Gasteiger partial charge >= 0.3 is 0 Å². The van der Waals surface area contributed by atoms with Gasteiger partial charge in [-0.2, -0.15) is 0 Å². The number of aromatic nitrogens is 1. The molecule has 82 valence electrons. The summed E-state index contributed by atoms with van der Waals surface area (Å²) in [5.74, 6) is 0.292. The van der Waals surface area contributed by atoms with Crippen LogP contribution < -0.4 is 5.32 Å². The average Bonchev–Trinajstić information content (AvgIpc) is 2.30. The number of nitrogens with one attached hydrogen (secondary N) is 1. The van der Waals surface area contributed by atoms with E-state index in [0.29, 0.717) is 5.75 Å². The second-order valence-corrected chi connectivity index (χ2v) is 3.71. The first-order chi connectivity index (χ1) is 7.74. The molecule has 3 heteroatoms. The summed E-state index contributed by atoms with van der Waals surface area (Å²) in [7, 11) is 0. The van der Waals surface area contributed by atoms with Crippen LogP contribution in [-0.4, -0.2) is 10.1 Å². The molecule has 2 N–H and O–H groups in total. The summed E-state index contributed by atoms with van der Waals surface area (Å²) in [4.78, 5) is 4.20. The lowest BCUT2D eigenvalue weighted by Crippen LogP contribution is -1.99. The minimum atomic E-state index is 0.292. The van der Waals surface area contributed by atoms with Gasteiger partial charge < -0.3 is 10.4 Å². The van der Waals surface area contributed by atoms with Gasteiger partial charge in [-0.15, -0.1) is 0 Å². The summed E-state index contributed by atoms with van der Waals surface area (Å²) in [6.45, 7) is 2.69. The number of benzene rings is 1. The van der Waals surface area contributed by atoms with Crippen molar-refractivity contribution >= 4 is 5.69 Å². The maximum absolute atomic E-state index is 9.14. The van der Waals surface area contributed by atoms with Crippen molar-refractivity contribution in [1.29, 1.82) is 0 Å². The molecule has 0 amide bonds. The number of anilines is 1. The van der Waals surface area contributed by atoms with E-state index in [9.17, 15) is 0 Å². The van der Waals surface area contributed by atoms with Crippen molar-refractivity contribution in [3.05, 3.63) is 53.9 Å². The van der Waals surface area contributed by atoms with Crippen LogP contribution in [0.3, 0.4) is 0 Å². The quantitative estimate of drug-likeness (QED) is 0.825. The van der Waals surface area contributed by atoms with Crippen molar-refractivity contribution in [1.82, 2.24) is 4.98 Å². The lowest BCUT2D eigenvalue weighted by atomic mass is 10.2. The zero-order valence-corrected chi connectivity index (χ0v) is 9.14. The Balaban J connectivity index is 1.97. The highest BCUT2D eigenvalue weighted by molar-refractivity contribution is 5.41. The SMILES string of the molecule is Cc1ccc(NCc2ccc(O)cc2)cn1. The molecule has 1 aromatic carbocycles. The maximum atomic E-state index is 9.14. The number of phenols is 1. The molecular weight excluding hydrogens is 200 g/mol. The fraction of sp³-hybridized carbons (Fsp3) is 0.154. The number of hydrogen-bond acceptors (Lipinski definition) is 3. The molecule has 0 fully saturated rings. The number of rotatable bonds is 3. The molecule has 0 radical (unpaired) electrons. The number of phenolic OH excluding ortho intramolecular Hbond substituents is 1. The highest BCUT2D eigenvalue weighted by Crippen LogP contribution is 2.12. The number of aromatic hydroxyl groups is 1. The van der Waals surface area contributed by atoms with Crippen LogP contribution >= 0.6 is 0 Å². The van der Waals surface area contributed by atoms with Gasteiger partial charge in [0.25, 0.3) is 0 Å². The highest BCUT2D eigenvalue weighted by atomic mass is 16.3. The Morgan fingerprint density at radius 2 is 1.88 bits per heavy atom. The van der Waals surface area contributed by atoms with Crippen LogP contribution in [0.5, 0.6) is 5.75 Å². The molecule has 2 aromatic rings. The monoisotopic (exact) mass is 214 g/mol. The summed E-state index contributed by atoms with van der Waals surface area (Å²) in [6, 6.07) is 11.1. The predicted molar refractivity (Wildman–Crippen MR) is 64.4 cm³/mol. The Hall–Kier alpha value is -2.03. The largest absolute Gasteiger partial charge is 0.508 e. The van der Waals surface area contributed by atoms with Crippen molar-refractivity contribution < 1.29 is 5.11 Å². The minimum absolute atomic E-state index is 0.292. The second-order valence-electron chi connectivity index (χ2n) is 3.71. The summed E-state index contributed by atoms with van der Waals surface area (Å²) >= 11 is 0. The number of hydrogen-bond donors (Lipinski definition) is 2. The maximum Gasteiger partial charge on any atom is 0.115 e. The van der Waals surface area contributed by atoms with Crippen molar-refractivity contribution in [3.63, 3.8) is 0 Å². The lowest BCUT2D eigenvalue weighted by Gasteiger charge is -2.06. The number of pyridine rings is 1. The molecule has 3 nitrogen and oxygen atoms in total. The summed E-state index contributed by atoms with van der Waals surface area (Å²) in [5.41, 5.74) is 3.13. The predicted octanol–water partition coefficient (Wildman–Crippen LogP) is 2.71. The van der Waals surface area contributed by atoms with E-state index in [0.717, 1.165) is 23.5 Å². The molecule has 0 aliphatic heterocycles. The van der Waals surface area contributed by atoms with E-state index in [-0.39, 0.29) is 0 Å².